The quantitative estimate of drug-likeness (QED) is 0.170. The van der Waals surface area contributed by atoms with Crippen molar-refractivity contribution in [1.82, 2.24) is 0 Å². The Bertz CT molecular complexity index is 955. The SMILES string of the molecule is O=[P+](O[SiH](Cc1ccccc1)Cc1ccccc1)O[SiH](Cc1ccccc1)Cc1ccccc1. The van der Waals surface area contributed by atoms with Gasteiger partial charge in [-0.3, -0.25) is 0 Å². The molecule has 4 aromatic carbocycles. The highest BCUT2D eigenvalue weighted by molar-refractivity contribution is 7.36. The van der Waals surface area contributed by atoms with Crippen molar-refractivity contribution >= 4 is 26.3 Å². The van der Waals surface area contributed by atoms with Crippen LogP contribution in [-0.4, -0.2) is 18.1 Å². The summed E-state index contributed by atoms with van der Waals surface area (Å²) in [6, 6.07) is 44.6. The molecule has 0 saturated carbocycles. The maximum absolute atomic E-state index is 13.2. The van der Waals surface area contributed by atoms with E-state index in [1.165, 1.54) is 22.3 Å². The van der Waals surface area contributed by atoms with E-state index in [1.807, 2.05) is 72.8 Å². The standard InChI is InChI=1S/C28H30O3PSi2/c29-32(30-33(21-25-13-5-1-6-14-25)22-26-15-7-2-8-16-26)31-34(23-27-17-9-3-10-18-27)24-28-19-11-4-12-20-28/h1-20,33-34H,21-24H2/q+1. The smallest absolute Gasteiger partial charge is 0.179 e. The van der Waals surface area contributed by atoms with Gasteiger partial charge in [-0.05, 0) is 46.4 Å². The van der Waals surface area contributed by atoms with Gasteiger partial charge in [0, 0.05) is 4.57 Å². The maximum Gasteiger partial charge on any atom is 0.672 e. The molecule has 0 aromatic heterocycles. The van der Waals surface area contributed by atoms with Gasteiger partial charge in [0.2, 0.25) is 0 Å². The zero-order valence-electron chi connectivity index (χ0n) is 19.2. The molecular formula is C28H30O3PSi2+. The van der Waals surface area contributed by atoms with Crippen LogP contribution in [0.3, 0.4) is 0 Å². The van der Waals surface area contributed by atoms with Gasteiger partial charge in [0.05, 0.1) is 0 Å². The van der Waals surface area contributed by atoms with E-state index in [1.54, 1.807) is 0 Å². The van der Waals surface area contributed by atoms with Crippen LogP contribution in [-0.2, 0) is 37.2 Å². The van der Waals surface area contributed by atoms with Crippen LogP contribution in [0, 0.1) is 0 Å². The largest absolute Gasteiger partial charge is 0.672 e. The molecule has 0 amide bonds. The molecule has 0 spiro atoms. The lowest BCUT2D eigenvalue weighted by Crippen LogP contribution is -2.26. The van der Waals surface area contributed by atoms with Crippen LogP contribution in [0.5, 0.6) is 0 Å². The maximum atomic E-state index is 13.2. The lowest BCUT2D eigenvalue weighted by molar-refractivity contribution is 0.417. The van der Waals surface area contributed by atoms with E-state index < -0.39 is 26.3 Å². The van der Waals surface area contributed by atoms with E-state index in [9.17, 15) is 4.57 Å². The normalized spacial score (nSPS) is 11.1. The summed E-state index contributed by atoms with van der Waals surface area (Å²) >= 11 is 0. The lowest BCUT2D eigenvalue weighted by Gasteiger charge is -2.12. The second kappa shape index (κ2) is 13.3. The van der Waals surface area contributed by atoms with Crippen molar-refractivity contribution in [1.29, 1.82) is 0 Å². The van der Waals surface area contributed by atoms with Crippen LogP contribution < -0.4 is 0 Å². The van der Waals surface area contributed by atoms with Gasteiger partial charge in [0.15, 0.2) is 0 Å². The molecule has 172 valence electrons. The molecule has 0 atom stereocenters. The van der Waals surface area contributed by atoms with Gasteiger partial charge in [-0.25, -0.2) is 0 Å². The molecule has 0 aliphatic heterocycles. The molecule has 0 aliphatic carbocycles. The molecule has 0 fully saturated rings. The van der Waals surface area contributed by atoms with E-state index in [4.69, 9.17) is 8.43 Å². The molecule has 0 aliphatic rings. The summed E-state index contributed by atoms with van der Waals surface area (Å²) in [6.45, 7) is 0. The Morgan fingerprint density at radius 2 is 0.676 bits per heavy atom. The van der Waals surface area contributed by atoms with Gasteiger partial charge in [0.1, 0.15) is 0 Å². The van der Waals surface area contributed by atoms with Crippen LogP contribution in [0.4, 0.5) is 0 Å². The van der Waals surface area contributed by atoms with Crippen molar-refractivity contribution in [3.8, 4) is 0 Å². The fraction of sp³-hybridized carbons (Fsp3) is 0.143. The minimum absolute atomic E-state index is 0.823. The Labute approximate surface area is 206 Å². The number of hydrogen-bond donors (Lipinski definition) is 0. The first-order valence-electron chi connectivity index (χ1n) is 11.7. The van der Waals surface area contributed by atoms with Gasteiger partial charge in [-0.2, -0.15) is 8.43 Å². The summed E-state index contributed by atoms with van der Waals surface area (Å²) < 4.78 is 25.6. The van der Waals surface area contributed by atoms with Crippen molar-refractivity contribution in [2.45, 2.75) is 24.2 Å². The Morgan fingerprint density at radius 3 is 0.912 bits per heavy atom. The second-order valence-corrected chi connectivity index (χ2v) is 14.7. The summed E-state index contributed by atoms with van der Waals surface area (Å²) in [5, 5.41) is 0. The Balaban J connectivity index is 1.45. The molecule has 4 aromatic rings. The van der Waals surface area contributed by atoms with Crippen molar-refractivity contribution in [2.24, 2.45) is 0 Å². The van der Waals surface area contributed by atoms with Gasteiger partial charge in [0.25, 0.3) is 18.1 Å². The molecule has 0 saturated heterocycles. The average Bonchev–Trinajstić information content (AvgIpc) is 2.86. The topological polar surface area (TPSA) is 35.5 Å². The van der Waals surface area contributed by atoms with Crippen LogP contribution in [0.2, 0.25) is 0 Å². The van der Waals surface area contributed by atoms with Gasteiger partial charge in [-0.1, -0.05) is 121 Å². The number of rotatable bonds is 12. The lowest BCUT2D eigenvalue weighted by atomic mass is 10.2. The van der Waals surface area contributed by atoms with E-state index in [2.05, 4.69) is 48.5 Å². The second-order valence-electron chi connectivity index (χ2n) is 8.44. The fourth-order valence-corrected chi connectivity index (χ4v) is 11.3. The van der Waals surface area contributed by atoms with Crippen LogP contribution in [0.15, 0.2) is 121 Å². The van der Waals surface area contributed by atoms with Crippen molar-refractivity contribution in [3.05, 3.63) is 144 Å². The predicted octanol–water partition coefficient (Wildman–Crippen LogP) is 6.25. The third kappa shape index (κ3) is 8.28. The van der Waals surface area contributed by atoms with Gasteiger partial charge in [-0.15, -0.1) is 0 Å². The summed E-state index contributed by atoms with van der Waals surface area (Å²) in [6.07, 6.45) is 0. The number of benzene rings is 4. The zero-order valence-corrected chi connectivity index (χ0v) is 22.4. The minimum atomic E-state index is -2.17. The van der Waals surface area contributed by atoms with Gasteiger partial charge < -0.3 is 0 Å². The first-order chi connectivity index (χ1) is 16.7. The highest BCUT2D eigenvalue weighted by Crippen LogP contribution is 2.30. The molecule has 0 bridgehead atoms. The summed E-state index contributed by atoms with van der Waals surface area (Å²) in [5.74, 6) is 0. The monoisotopic (exact) mass is 501 g/mol. The van der Waals surface area contributed by atoms with E-state index in [-0.39, 0.29) is 0 Å². The molecule has 0 radical (unpaired) electrons. The Kier molecular flexibility index (Phi) is 9.55. The predicted molar refractivity (Wildman–Crippen MR) is 145 cm³/mol. The first kappa shape index (κ1) is 24.5. The fourth-order valence-electron chi connectivity index (χ4n) is 4.07. The molecule has 4 rings (SSSR count). The van der Waals surface area contributed by atoms with Crippen molar-refractivity contribution in [3.63, 3.8) is 0 Å². The highest BCUT2D eigenvalue weighted by Gasteiger charge is 2.33. The summed E-state index contributed by atoms with van der Waals surface area (Å²) in [4.78, 5) is 0. The van der Waals surface area contributed by atoms with Gasteiger partial charge >= 0.3 is 8.25 Å². The summed E-state index contributed by atoms with van der Waals surface area (Å²) in [5.41, 5.74) is 4.89. The van der Waals surface area contributed by atoms with E-state index >= 15 is 0 Å². The van der Waals surface area contributed by atoms with Crippen molar-refractivity contribution in [2.75, 3.05) is 0 Å². The number of hydrogen-bond acceptors (Lipinski definition) is 3. The van der Waals surface area contributed by atoms with E-state index in [0.29, 0.717) is 0 Å². The van der Waals surface area contributed by atoms with Crippen LogP contribution in [0.1, 0.15) is 22.3 Å². The van der Waals surface area contributed by atoms with Crippen molar-refractivity contribution < 1.29 is 13.0 Å². The summed E-state index contributed by atoms with van der Waals surface area (Å²) in [7, 11) is -5.89. The van der Waals surface area contributed by atoms with Crippen LogP contribution >= 0.6 is 8.25 Å². The molecule has 3 nitrogen and oxygen atoms in total. The first-order valence-corrected chi connectivity index (χ1v) is 17.0. The van der Waals surface area contributed by atoms with Crippen LogP contribution in [0.25, 0.3) is 0 Å². The zero-order chi connectivity index (χ0) is 23.4. The molecular weight excluding hydrogens is 471 g/mol. The molecule has 0 unspecified atom stereocenters. The minimum Gasteiger partial charge on any atom is -0.179 e. The van der Waals surface area contributed by atoms with E-state index in [0.717, 1.165) is 24.2 Å². The molecule has 6 heteroatoms. The Morgan fingerprint density at radius 1 is 0.441 bits per heavy atom. The third-order valence-electron chi connectivity index (χ3n) is 5.70. The third-order valence-corrected chi connectivity index (χ3v) is 13.2. The average molecular weight is 502 g/mol. The molecule has 0 N–H and O–H groups in total. The molecule has 34 heavy (non-hydrogen) atoms. The Hall–Kier alpha value is -2.67. The highest BCUT2D eigenvalue weighted by atomic mass is 31.1. The molecule has 0 heterocycles.